The van der Waals surface area contributed by atoms with Crippen molar-refractivity contribution in [1.82, 2.24) is 9.88 Å². The standard InChI is InChI=1S/C27H28ClF3N4OS/c1-16-7-8-17(22(9-16)36-3)15-35(24-6-4-5-23(30)32-24)37-27-20(29)10-21(25(28)26(27)31)34-13-18-11-33(2)12-19(18)14-34/h4-10,18-19H,11-15H2,1-3H3. The van der Waals surface area contributed by atoms with Crippen LogP contribution in [0, 0.1) is 36.3 Å². The number of ether oxygens (including phenoxy) is 1. The summed E-state index contributed by atoms with van der Waals surface area (Å²) in [6.07, 6.45) is 0. The lowest BCUT2D eigenvalue weighted by atomic mass is 10.0. The lowest BCUT2D eigenvalue weighted by Crippen LogP contribution is -2.27. The van der Waals surface area contributed by atoms with Crippen LogP contribution in [0.4, 0.5) is 24.7 Å². The van der Waals surface area contributed by atoms with Gasteiger partial charge in [-0.15, -0.1) is 0 Å². The number of hydrogen-bond donors (Lipinski definition) is 0. The number of rotatable bonds is 7. The van der Waals surface area contributed by atoms with E-state index in [2.05, 4.69) is 16.9 Å². The van der Waals surface area contributed by atoms with Gasteiger partial charge in [0.1, 0.15) is 27.3 Å². The zero-order valence-corrected chi connectivity index (χ0v) is 22.4. The summed E-state index contributed by atoms with van der Waals surface area (Å²) in [7, 11) is 3.64. The molecule has 0 amide bonds. The number of pyridine rings is 1. The largest absolute Gasteiger partial charge is 0.496 e. The highest BCUT2D eigenvalue weighted by atomic mass is 35.5. The number of methoxy groups -OCH3 is 1. The van der Waals surface area contributed by atoms with Crippen LogP contribution in [0.5, 0.6) is 5.75 Å². The SMILES string of the molecule is COc1cc(C)ccc1CN(Sc1c(F)cc(N2CC3CN(C)CC3C2)c(Cl)c1F)c1cccc(F)n1. The van der Waals surface area contributed by atoms with Gasteiger partial charge in [-0.1, -0.05) is 29.8 Å². The van der Waals surface area contributed by atoms with Gasteiger partial charge in [-0.05, 0) is 61.5 Å². The number of benzene rings is 2. The average Bonchev–Trinajstić information content (AvgIpc) is 3.41. The van der Waals surface area contributed by atoms with Crippen molar-refractivity contribution in [3.63, 3.8) is 0 Å². The molecule has 2 unspecified atom stereocenters. The molecule has 0 spiro atoms. The Balaban J connectivity index is 1.46. The molecular weight excluding hydrogens is 521 g/mol. The van der Waals surface area contributed by atoms with Crippen LogP contribution in [0.2, 0.25) is 5.02 Å². The molecule has 3 aromatic rings. The Bertz CT molecular complexity index is 1300. The molecule has 10 heteroatoms. The van der Waals surface area contributed by atoms with E-state index in [-0.39, 0.29) is 22.3 Å². The minimum Gasteiger partial charge on any atom is -0.496 e. The molecule has 5 nitrogen and oxygen atoms in total. The number of anilines is 2. The Hall–Kier alpha value is -2.62. The first-order chi connectivity index (χ1) is 17.7. The van der Waals surface area contributed by atoms with E-state index in [1.54, 1.807) is 13.2 Å². The van der Waals surface area contributed by atoms with Gasteiger partial charge in [0.15, 0.2) is 5.82 Å². The molecule has 2 atom stereocenters. The van der Waals surface area contributed by atoms with Crippen molar-refractivity contribution in [3.05, 3.63) is 76.2 Å². The second-order valence-electron chi connectivity index (χ2n) is 9.74. The third kappa shape index (κ3) is 5.35. The minimum absolute atomic E-state index is 0.114. The number of hydrogen-bond acceptors (Lipinski definition) is 6. The van der Waals surface area contributed by atoms with Gasteiger partial charge < -0.3 is 14.5 Å². The number of likely N-dealkylation sites (tertiary alicyclic amines) is 1. The molecule has 2 aromatic carbocycles. The number of halogens is 4. The monoisotopic (exact) mass is 548 g/mol. The zero-order valence-electron chi connectivity index (χ0n) is 20.8. The average molecular weight is 549 g/mol. The van der Waals surface area contributed by atoms with Crippen LogP contribution in [0.3, 0.4) is 0 Å². The molecule has 0 N–H and O–H groups in total. The molecular formula is C27H28ClF3N4OS. The highest BCUT2D eigenvalue weighted by molar-refractivity contribution is 8.00. The van der Waals surface area contributed by atoms with Gasteiger partial charge in [0.2, 0.25) is 5.95 Å². The van der Waals surface area contributed by atoms with Crippen molar-refractivity contribution in [2.45, 2.75) is 18.4 Å². The summed E-state index contributed by atoms with van der Waals surface area (Å²) >= 11 is 7.29. The van der Waals surface area contributed by atoms with E-state index in [0.29, 0.717) is 36.4 Å². The van der Waals surface area contributed by atoms with Crippen molar-refractivity contribution >= 4 is 35.1 Å². The topological polar surface area (TPSA) is 31.8 Å². The quantitative estimate of drug-likeness (QED) is 0.199. The van der Waals surface area contributed by atoms with Crippen molar-refractivity contribution in [2.75, 3.05) is 49.5 Å². The third-order valence-corrected chi connectivity index (χ3v) is 8.47. The second kappa shape index (κ2) is 10.6. The third-order valence-electron chi connectivity index (χ3n) is 7.02. The summed E-state index contributed by atoms with van der Waals surface area (Å²) in [5, 5.41) is -0.114. The van der Waals surface area contributed by atoms with Crippen LogP contribution in [0.1, 0.15) is 11.1 Å². The molecule has 0 radical (unpaired) electrons. The maximum absolute atomic E-state index is 15.6. The van der Waals surface area contributed by atoms with Gasteiger partial charge in [-0.2, -0.15) is 4.39 Å². The first kappa shape index (κ1) is 26.0. The summed E-state index contributed by atoms with van der Waals surface area (Å²) < 4.78 is 52.2. The molecule has 37 heavy (non-hydrogen) atoms. The van der Waals surface area contributed by atoms with Crippen LogP contribution in [-0.4, -0.2) is 50.2 Å². The van der Waals surface area contributed by atoms with Crippen molar-refractivity contribution < 1.29 is 17.9 Å². The number of nitrogens with zero attached hydrogens (tertiary/aromatic N) is 4. The second-order valence-corrected chi connectivity index (χ2v) is 11.2. The molecule has 2 aliphatic heterocycles. The Morgan fingerprint density at radius 3 is 2.49 bits per heavy atom. The van der Waals surface area contributed by atoms with Gasteiger partial charge in [0.25, 0.3) is 0 Å². The molecule has 0 aliphatic carbocycles. The maximum atomic E-state index is 15.6. The van der Waals surface area contributed by atoms with Gasteiger partial charge in [-0.3, -0.25) is 4.31 Å². The van der Waals surface area contributed by atoms with Gasteiger partial charge >= 0.3 is 0 Å². The molecule has 2 aliphatic rings. The highest BCUT2D eigenvalue weighted by Crippen LogP contribution is 2.43. The fourth-order valence-electron chi connectivity index (χ4n) is 5.25. The van der Waals surface area contributed by atoms with Crippen LogP contribution in [0.15, 0.2) is 47.4 Å². The Kier molecular flexibility index (Phi) is 7.47. The van der Waals surface area contributed by atoms with Gasteiger partial charge in [0.05, 0.1) is 19.3 Å². The normalized spacial score (nSPS) is 19.4. The van der Waals surface area contributed by atoms with Gasteiger partial charge in [-0.25, -0.2) is 13.8 Å². The number of aryl methyl sites for hydroxylation is 1. The number of fused-ring (bicyclic) bond motifs is 1. The molecule has 0 saturated carbocycles. The van der Waals surface area contributed by atoms with E-state index < -0.39 is 17.6 Å². The van der Waals surface area contributed by atoms with E-state index in [4.69, 9.17) is 16.3 Å². The fraction of sp³-hybridized carbons (Fsp3) is 0.370. The molecule has 0 bridgehead atoms. The Labute approximate surface area is 224 Å². The number of aromatic nitrogens is 1. The summed E-state index contributed by atoms with van der Waals surface area (Å²) in [5.41, 5.74) is 2.12. The van der Waals surface area contributed by atoms with E-state index >= 15 is 8.78 Å². The molecule has 5 rings (SSSR count). The first-order valence-electron chi connectivity index (χ1n) is 12.1. The van der Waals surface area contributed by atoms with Crippen LogP contribution in [0.25, 0.3) is 0 Å². The summed E-state index contributed by atoms with van der Waals surface area (Å²) in [6.45, 7) is 5.46. The summed E-state index contributed by atoms with van der Waals surface area (Å²) in [5.74, 6) is -0.523. The Morgan fingerprint density at radius 1 is 1.08 bits per heavy atom. The molecule has 196 valence electrons. The first-order valence-corrected chi connectivity index (χ1v) is 13.2. The summed E-state index contributed by atoms with van der Waals surface area (Å²) in [6, 6.07) is 11.3. The molecule has 2 saturated heterocycles. The lowest BCUT2D eigenvalue weighted by Gasteiger charge is -2.26. The van der Waals surface area contributed by atoms with Crippen molar-refractivity contribution in [2.24, 2.45) is 11.8 Å². The molecule has 3 heterocycles. The fourth-order valence-corrected chi connectivity index (χ4v) is 6.52. The van der Waals surface area contributed by atoms with E-state index in [0.717, 1.165) is 36.2 Å². The van der Waals surface area contributed by atoms with E-state index in [9.17, 15) is 4.39 Å². The maximum Gasteiger partial charge on any atom is 0.214 e. The lowest BCUT2D eigenvalue weighted by molar-refractivity contribution is 0.387. The predicted octanol–water partition coefficient (Wildman–Crippen LogP) is 6.18. The minimum atomic E-state index is -0.840. The van der Waals surface area contributed by atoms with Crippen LogP contribution < -0.4 is 13.9 Å². The summed E-state index contributed by atoms with van der Waals surface area (Å²) in [4.78, 5) is 7.94. The van der Waals surface area contributed by atoms with Crippen LogP contribution >= 0.6 is 23.5 Å². The molecule has 2 fully saturated rings. The predicted molar refractivity (Wildman–Crippen MR) is 142 cm³/mol. The van der Waals surface area contributed by atoms with Gasteiger partial charge in [0, 0.05) is 37.8 Å². The smallest absolute Gasteiger partial charge is 0.214 e. The van der Waals surface area contributed by atoms with E-state index in [1.165, 1.54) is 22.5 Å². The van der Waals surface area contributed by atoms with Crippen LogP contribution in [-0.2, 0) is 6.54 Å². The van der Waals surface area contributed by atoms with Crippen molar-refractivity contribution in [1.29, 1.82) is 0 Å². The molecule has 1 aromatic heterocycles. The Morgan fingerprint density at radius 2 is 1.81 bits per heavy atom. The highest BCUT2D eigenvalue weighted by Gasteiger charge is 2.40. The van der Waals surface area contributed by atoms with E-state index in [1.807, 2.05) is 30.0 Å². The van der Waals surface area contributed by atoms with Crippen molar-refractivity contribution in [3.8, 4) is 5.75 Å². The zero-order chi connectivity index (χ0) is 26.3.